The lowest BCUT2D eigenvalue weighted by Crippen LogP contribution is -2.45. The number of aromatic nitrogens is 1. The molecule has 96 valence electrons. The van der Waals surface area contributed by atoms with Gasteiger partial charge in [0.2, 0.25) is 0 Å². The molecule has 1 aliphatic heterocycles. The zero-order valence-corrected chi connectivity index (χ0v) is 10.4. The monoisotopic (exact) mass is 247 g/mol. The summed E-state index contributed by atoms with van der Waals surface area (Å²) in [5.41, 5.74) is 0.456. The van der Waals surface area contributed by atoms with Crippen molar-refractivity contribution < 1.29 is 9.84 Å². The lowest BCUT2D eigenvalue weighted by molar-refractivity contribution is -0.0263. The first-order chi connectivity index (χ1) is 8.65. The van der Waals surface area contributed by atoms with Crippen molar-refractivity contribution in [2.75, 3.05) is 13.2 Å². The van der Waals surface area contributed by atoms with Gasteiger partial charge in [-0.05, 0) is 13.0 Å². The lowest BCUT2D eigenvalue weighted by atomic mass is 9.96. The zero-order chi connectivity index (χ0) is 13.0. The quantitative estimate of drug-likeness (QED) is 0.814. The van der Waals surface area contributed by atoms with Crippen molar-refractivity contribution in [1.82, 2.24) is 10.3 Å². The van der Waals surface area contributed by atoms with Gasteiger partial charge in [0, 0.05) is 37.9 Å². The smallest absolute Gasteiger partial charge is 0.144 e. The van der Waals surface area contributed by atoms with Crippen LogP contribution >= 0.6 is 0 Å². The van der Waals surface area contributed by atoms with Crippen LogP contribution in [0.25, 0.3) is 0 Å². The van der Waals surface area contributed by atoms with Crippen molar-refractivity contribution in [2.45, 2.75) is 31.6 Å². The standard InChI is InChI=1S/C13H17N3O2/c1-10-13(17,4-6-18-10)9-15-8-11-3-2-5-16-12(11)7-14/h2-3,5,10,15,17H,4,6,8-9H2,1H3. The van der Waals surface area contributed by atoms with Gasteiger partial charge in [0.05, 0.1) is 6.10 Å². The molecule has 2 N–H and O–H groups in total. The highest BCUT2D eigenvalue weighted by atomic mass is 16.5. The van der Waals surface area contributed by atoms with Crippen LogP contribution in [0.5, 0.6) is 0 Å². The average Bonchev–Trinajstić information content (AvgIpc) is 2.70. The van der Waals surface area contributed by atoms with Gasteiger partial charge in [0.25, 0.3) is 0 Å². The molecule has 5 heteroatoms. The molecule has 2 atom stereocenters. The van der Waals surface area contributed by atoms with Gasteiger partial charge in [0.1, 0.15) is 17.4 Å². The van der Waals surface area contributed by atoms with E-state index in [2.05, 4.69) is 16.4 Å². The largest absolute Gasteiger partial charge is 0.386 e. The Morgan fingerprint density at radius 3 is 3.22 bits per heavy atom. The van der Waals surface area contributed by atoms with Crippen molar-refractivity contribution in [2.24, 2.45) is 0 Å². The van der Waals surface area contributed by atoms with E-state index in [0.29, 0.717) is 31.8 Å². The molecule has 0 saturated carbocycles. The van der Waals surface area contributed by atoms with Crippen molar-refractivity contribution in [1.29, 1.82) is 5.26 Å². The SMILES string of the molecule is CC1OCCC1(O)CNCc1cccnc1C#N. The molecule has 18 heavy (non-hydrogen) atoms. The molecule has 0 radical (unpaired) electrons. The maximum atomic E-state index is 10.3. The van der Waals surface area contributed by atoms with Crippen LogP contribution in [0.3, 0.4) is 0 Å². The second-order valence-corrected chi connectivity index (χ2v) is 4.59. The van der Waals surface area contributed by atoms with E-state index in [-0.39, 0.29) is 6.10 Å². The molecule has 1 aromatic rings. The average molecular weight is 247 g/mol. The molecule has 1 aliphatic rings. The molecule has 1 aromatic heterocycles. The molecule has 1 saturated heterocycles. The van der Waals surface area contributed by atoms with Crippen LogP contribution in [-0.4, -0.2) is 34.9 Å². The van der Waals surface area contributed by atoms with E-state index in [1.165, 1.54) is 0 Å². The van der Waals surface area contributed by atoms with Gasteiger partial charge in [-0.15, -0.1) is 0 Å². The summed E-state index contributed by atoms with van der Waals surface area (Å²) >= 11 is 0. The first-order valence-electron chi connectivity index (χ1n) is 6.04. The Morgan fingerprint density at radius 2 is 2.56 bits per heavy atom. The van der Waals surface area contributed by atoms with Crippen LogP contribution in [0.2, 0.25) is 0 Å². The summed E-state index contributed by atoms with van der Waals surface area (Å²) < 4.78 is 5.36. The minimum absolute atomic E-state index is 0.158. The van der Waals surface area contributed by atoms with E-state index in [9.17, 15) is 5.11 Å². The Morgan fingerprint density at radius 1 is 1.72 bits per heavy atom. The Hall–Kier alpha value is -1.48. The van der Waals surface area contributed by atoms with Gasteiger partial charge in [0.15, 0.2) is 0 Å². The van der Waals surface area contributed by atoms with Crippen LogP contribution in [-0.2, 0) is 11.3 Å². The highest BCUT2D eigenvalue weighted by Crippen LogP contribution is 2.24. The number of nitriles is 1. The lowest BCUT2D eigenvalue weighted by Gasteiger charge is -2.26. The Kier molecular flexibility index (Phi) is 3.92. The van der Waals surface area contributed by atoms with Gasteiger partial charge in [-0.1, -0.05) is 6.07 Å². The summed E-state index contributed by atoms with van der Waals surface area (Å²) in [5, 5.41) is 22.4. The Balaban J connectivity index is 1.91. The summed E-state index contributed by atoms with van der Waals surface area (Å²) in [6, 6.07) is 5.71. The van der Waals surface area contributed by atoms with Crippen molar-refractivity contribution in [3.05, 3.63) is 29.6 Å². The fraction of sp³-hybridized carbons (Fsp3) is 0.538. The number of nitrogens with zero attached hydrogens (tertiary/aromatic N) is 2. The molecule has 0 bridgehead atoms. The van der Waals surface area contributed by atoms with E-state index < -0.39 is 5.60 Å². The van der Waals surface area contributed by atoms with E-state index in [1.54, 1.807) is 12.3 Å². The van der Waals surface area contributed by atoms with Gasteiger partial charge in [-0.3, -0.25) is 0 Å². The molecule has 0 spiro atoms. The third kappa shape index (κ3) is 2.67. The Bertz CT molecular complexity index is 458. The molecular formula is C13H17N3O2. The van der Waals surface area contributed by atoms with Gasteiger partial charge >= 0.3 is 0 Å². The highest BCUT2D eigenvalue weighted by Gasteiger charge is 2.38. The summed E-state index contributed by atoms with van der Waals surface area (Å²) in [6.07, 6.45) is 2.08. The number of hydrogen-bond donors (Lipinski definition) is 2. The second kappa shape index (κ2) is 5.44. The molecule has 2 heterocycles. The zero-order valence-electron chi connectivity index (χ0n) is 10.4. The van der Waals surface area contributed by atoms with Crippen molar-refractivity contribution >= 4 is 0 Å². The fourth-order valence-corrected chi connectivity index (χ4v) is 2.10. The van der Waals surface area contributed by atoms with E-state index in [4.69, 9.17) is 10.00 Å². The van der Waals surface area contributed by atoms with Crippen LogP contribution < -0.4 is 5.32 Å². The molecule has 1 fully saturated rings. The van der Waals surface area contributed by atoms with Crippen LogP contribution in [0.4, 0.5) is 0 Å². The molecule has 2 unspecified atom stereocenters. The third-order valence-corrected chi connectivity index (χ3v) is 3.40. The highest BCUT2D eigenvalue weighted by molar-refractivity contribution is 5.30. The number of ether oxygens (including phenoxy) is 1. The summed E-state index contributed by atoms with van der Waals surface area (Å²) in [4.78, 5) is 3.99. The van der Waals surface area contributed by atoms with Crippen molar-refractivity contribution in [3.63, 3.8) is 0 Å². The molecular weight excluding hydrogens is 230 g/mol. The van der Waals surface area contributed by atoms with Crippen LogP contribution in [0, 0.1) is 11.3 Å². The predicted octanol–water partition coefficient (Wildman–Crippen LogP) is 0.583. The number of hydrogen-bond acceptors (Lipinski definition) is 5. The first-order valence-corrected chi connectivity index (χ1v) is 6.04. The van der Waals surface area contributed by atoms with E-state index in [1.807, 2.05) is 13.0 Å². The fourth-order valence-electron chi connectivity index (χ4n) is 2.10. The molecule has 0 aromatic carbocycles. The summed E-state index contributed by atoms with van der Waals surface area (Å²) in [5.74, 6) is 0. The normalized spacial score (nSPS) is 27.1. The van der Waals surface area contributed by atoms with Crippen LogP contribution in [0.1, 0.15) is 24.6 Å². The minimum atomic E-state index is -0.811. The number of pyridine rings is 1. The number of rotatable bonds is 4. The van der Waals surface area contributed by atoms with Crippen molar-refractivity contribution in [3.8, 4) is 6.07 Å². The molecule has 5 nitrogen and oxygen atoms in total. The first kappa shape index (κ1) is 13.0. The van der Waals surface area contributed by atoms with E-state index >= 15 is 0 Å². The molecule has 0 aliphatic carbocycles. The maximum Gasteiger partial charge on any atom is 0.144 e. The number of nitrogens with one attached hydrogen (secondary N) is 1. The maximum absolute atomic E-state index is 10.3. The second-order valence-electron chi connectivity index (χ2n) is 4.59. The van der Waals surface area contributed by atoms with Gasteiger partial charge in [-0.25, -0.2) is 4.98 Å². The van der Waals surface area contributed by atoms with Gasteiger partial charge < -0.3 is 15.2 Å². The summed E-state index contributed by atoms with van der Waals surface area (Å²) in [6.45, 7) is 3.44. The molecule has 0 amide bonds. The summed E-state index contributed by atoms with van der Waals surface area (Å²) in [7, 11) is 0. The Labute approximate surface area is 106 Å². The minimum Gasteiger partial charge on any atom is -0.386 e. The molecule has 2 rings (SSSR count). The number of aliphatic hydroxyl groups is 1. The van der Waals surface area contributed by atoms with Crippen LogP contribution in [0.15, 0.2) is 18.3 Å². The predicted molar refractivity (Wildman–Crippen MR) is 65.6 cm³/mol. The topological polar surface area (TPSA) is 78.2 Å². The third-order valence-electron chi connectivity index (χ3n) is 3.40. The van der Waals surface area contributed by atoms with E-state index in [0.717, 1.165) is 5.56 Å². The van der Waals surface area contributed by atoms with Gasteiger partial charge in [-0.2, -0.15) is 5.26 Å².